The number of hydrogen-bond acceptors (Lipinski definition) is 2. The van der Waals surface area contributed by atoms with Crippen molar-refractivity contribution >= 4 is 0 Å². The highest BCUT2D eigenvalue weighted by molar-refractivity contribution is 4.73. The summed E-state index contributed by atoms with van der Waals surface area (Å²) in [5.74, 6) is 0.683. The third kappa shape index (κ3) is 6.19. The minimum absolute atomic E-state index is 0.0981. The van der Waals surface area contributed by atoms with Crippen LogP contribution < -0.4 is 0 Å². The lowest BCUT2D eigenvalue weighted by Crippen LogP contribution is -2.31. The molecule has 1 rings (SSSR count). The molecule has 1 aliphatic carbocycles. The van der Waals surface area contributed by atoms with E-state index in [0.29, 0.717) is 5.92 Å². The van der Waals surface area contributed by atoms with Gasteiger partial charge in [-0.05, 0) is 25.2 Å². The van der Waals surface area contributed by atoms with Crippen LogP contribution in [0.4, 0.5) is 0 Å². The second-order valence-electron chi connectivity index (χ2n) is 5.85. The first-order valence-electron chi connectivity index (χ1n) is 8.07. The van der Waals surface area contributed by atoms with E-state index >= 15 is 0 Å². The van der Waals surface area contributed by atoms with E-state index < -0.39 is 0 Å². The van der Waals surface area contributed by atoms with Gasteiger partial charge in [0.2, 0.25) is 0 Å². The smallest absolute Gasteiger partial charge is 0.0834 e. The minimum atomic E-state index is -0.228. The Kier molecular flexibility index (Phi) is 8.70. The Balaban J connectivity index is 2.28. The molecule has 0 aromatic rings. The second kappa shape index (κ2) is 9.80. The van der Waals surface area contributed by atoms with E-state index in [1.54, 1.807) is 0 Å². The Morgan fingerprint density at radius 1 is 1.11 bits per heavy atom. The van der Waals surface area contributed by atoms with Gasteiger partial charge in [-0.25, -0.2) is 0 Å². The van der Waals surface area contributed by atoms with Crippen molar-refractivity contribution in [2.24, 2.45) is 5.92 Å². The van der Waals surface area contributed by atoms with Crippen molar-refractivity contribution in [3.05, 3.63) is 0 Å². The summed E-state index contributed by atoms with van der Waals surface area (Å²) in [6.45, 7) is 5.34. The van der Waals surface area contributed by atoms with Gasteiger partial charge in [-0.15, -0.1) is 0 Å². The Morgan fingerprint density at radius 3 is 2.50 bits per heavy atom. The maximum absolute atomic E-state index is 10.1. The average Bonchev–Trinajstić information content (AvgIpc) is 2.37. The van der Waals surface area contributed by atoms with E-state index in [1.165, 1.54) is 44.9 Å². The fourth-order valence-electron chi connectivity index (χ4n) is 2.78. The van der Waals surface area contributed by atoms with Gasteiger partial charge in [-0.3, -0.25) is 0 Å². The zero-order chi connectivity index (χ0) is 13.2. The van der Waals surface area contributed by atoms with Crippen molar-refractivity contribution in [2.75, 3.05) is 6.61 Å². The maximum atomic E-state index is 10.1. The number of aliphatic hydroxyl groups is 1. The van der Waals surface area contributed by atoms with E-state index in [9.17, 15) is 5.11 Å². The SMILES string of the molecule is CCCCC(CC)COC1CCCCCCC1O. The van der Waals surface area contributed by atoms with E-state index in [0.717, 1.165) is 25.9 Å². The minimum Gasteiger partial charge on any atom is -0.390 e. The van der Waals surface area contributed by atoms with Crippen molar-refractivity contribution in [2.45, 2.75) is 90.3 Å². The molecule has 0 radical (unpaired) electrons. The number of rotatable bonds is 7. The lowest BCUT2D eigenvalue weighted by Gasteiger charge is -2.27. The molecule has 0 bridgehead atoms. The van der Waals surface area contributed by atoms with Crippen molar-refractivity contribution in [3.63, 3.8) is 0 Å². The van der Waals surface area contributed by atoms with Crippen molar-refractivity contribution in [3.8, 4) is 0 Å². The molecule has 0 amide bonds. The van der Waals surface area contributed by atoms with Crippen LogP contribution in [0.3, 0.4) is 0 Å². The van der Waals surface area contributed by atoms with Gasteiger partial charge in [0.1, 0.15) is 0 Å². The summed E-state index contributed by atoms with van der Waals surface area (Å²) < 4.78 is 6.03. The van der Waals surface area contributed by atoms with E-state index in [1.807, 2.05) is 0 Å². The highest BCUT2D eigenvalue weighted by atomic mass is 16.5. The van der Waals surface area contributed by atoms with Crippen LogP contribution in [-0.2, 0) is 4.74 Å². The van der Waals surface area contributed by atoms with Crippen molar-refractivity contribution < 1.29 is 9.84 Å². The number of aliphatic hydroxyl groups excluding tert-OH is 1. The fraction of sp³-hybridized carbons (Fsp3) is 1.00. The molecule has 0 aromatic carbocycles. The van der Waals surface area contributed by atoms with Gasteiger partial charge in [-0.1, -0.05) is 58.8 Å². The average molecular weight is 256 g/mol. The van der Waals surface area contributed by atoms with Gasteiger partial charge in [0.05, 0.1) is 12.2 Å². The van der Waals surface area contributed by atoms with Gasteiger partial charge in [0.15, 0.2) is 0 Å². The first kappa shape index (κ1) is 16.0. The third-order valence-electron chi connectivity index (χ3n) is 4.26. The molecule has 0 saturated heterocycles. The first-order chi connectivity index (χ1) is 8.77. The van der Waals surface area contributed by atoms with Gasteiger partial charge >= 0.3 is 0 Å². The zero-order valence-electron chi connectivity index (χ0n) is 12.4. The molecule has 1 N–H and O–H groups in total. The van der Waals surface area contributed by atoms with E-state index in [4.69, 9.17) is 4.74 Å². The summed E-state index contributed by atoms with van der Waals surface area (Å²) in [6.07, 6.45) is 11.8. The monoisotopic (exact) mass is 256 g/mol. The van der Waals surface area contributed by atoms with Crippen LogP contribution in [0.15, 0.2) is 0 Å². The van der Waals surface area contributed by atoms with Crippen LogP contribution in [0.25, 0.3) is 0 Å². The summed E-state index contributed by atoms with van der Waals surface area (Å²) in [5.41, 5.74) is 0. The van der Waals surface area contributed by atoms with Crippen LogP contribution in [0.5, 0.6) is 0 Å². The normalized spacial score (nSPS) is 27.5. The molecular formula is C16H32O2. The van der Waals surface area contributed by atoms with Gasteiger partial charge in [-0.2, -0.15) is 0 Å². The summed E-state index contributed by atoms with van der Waals surface area (Å²) in [6, 6.07) is 0. The van der Waals surface area contributed by atoms with Crippen LogP contribution in [0.1, 0.15) is 78.1 Å². The Labute approximate surface area is 113 Å². The molecule has 1 fully saturated rings. The van der Waals surface area contributed by atoms with Crippen LogP contribution >= 0.6 is 0 Å². The topological polar surface area (TPSA) is 29.5 Å². The number of ether oxygens (including phenoxy) is 1. The zero-order valence-corrected chi connectivity index (χ0v) is 12.4. The summed E-state index contributed by atoms with van der Waals surface area (Å²) in [7, 11) is 0. The molecule has 0 aromatic heterocycles. The molecule has 0 heterocycles. The van der Waals surface area contributed by atoms with Crippen molar-refractivity contribution in [1.29, 1.82) is 0 Å². The Morgan fingerprint density at radius 2 is 1.83 bits per heavy atom. The molecule has 0 aliphatic heterocycles. The van der Waals surface area contributed by atoms with E-state index in [2.05, 4.69) is 13.8 Å². The molecular weight excluding hydrogens is 224 g/mol. The lowest BCUT2D eigenvalue weighted by molar-refractivity contribution is -0.0615. The Bertz CT molecular complexity index is 194. The van der Waals surface area contributed by atoms with Crippen molar-refractivity contribution in [1.82, 2.24) is 0 Å². The molecule has 1 aliphatic rings. The lowest BCUT2D eigenvalue weighted by atomic mass is 9.95. The molecule has 2 heteroatoms. The van der Waals surface area contributed by atoms with Gasteiger partial charge in [0, 0.05) is 6.61 Å². The number of unbranched alkanes of at least 4 members (excludes halogenated alkanes) is 1. The highest BCUT2D eigenvalue weighted by Gasteiger charge is 2.22. The molecule has 1 saturated carbocycles. The molecule has 18 heavy (non-hydrogen) atoms. The summed E-state index contributed by atoms with van der Waals surface area (Å²) in [4.78, 5) is 0. The predicted molar refractivity (Wildman–Crippen MR) is 76.8 cm³/mol. The Hall–Kier alpha value is -0.0800. The largest absolute Gasteiger partial charge is 0.390 e. The fourth-order valence-corrected chi connectivity index (χ4v) is 2.78. The van der Waals surface area contributed by atoms with Crippen LogP contribution in [0, 0.1) is 5.92 Å². The van der Waals surface area contributed by atoms with E-state index in [-0.39, 0.29) is 12.2 Å². The standard InChI is InChI=1S/C16H32O2/c1-3-5-10-14(4-2)13-18-16-12-9-7-6-8-11-15(16)17/h14-17H,3-13H2,1-2H3. The molecule has 108 valence electrons. The predicted octanol–water partition coefficient (Wildman–Crippen LogP) is 4.30. The number of hydrogen-bond donors (Lipinski definition) is 1. The van der Waals surface area contributed by atoms with Gasteiger partial charge < -0.3 is 9.84 Å². The van der Waals surface area contributed by atoms with Crippen LogP contribution in [0.2, 0.25) is 0 Å². The van der Waals surface area contributed by atoms with Gasteiger partial charge in [0.25, 0.3) is 0 Å². The highest BCUT2D eigenvalue weighted by Crippen LogP contribution is 2.22. The second-order valence-corrected chi connectivity index (χ2v) is 5.85. The molecule has 3 unspecified atom stereocenters. The maximum Gasteiger partial charge on any atom is 0.0834 e. The van der Waals surface area contributed by atoms with Crippen LogP contribution in [-0.4, -0.2) is 23.9 Å². The molecule has 0 spiro atoms. The molecule has 2 nitrogen and oxygen atoms in total. The summed E-state index contributed by atoms with van der Waals surface area (Å²) in [5, 5.41) is 10.1. The summed E-state index contributed by atoms with van der Waals surface area (Å²) >= 11 is 0. The first-order valence-corrected chi connectivity index (χ1v) is 8.07. The molecule has 3 atom stereocenters. The third-order valence-corrected chi connectivity index (χ3v) is 4.26. The quantitative estimate of drug-likeness (QED) is 0.735.